The Morgan fingerprint density at radius 3 is 2.81 bits per heavy atom. The number of anilines is 2. The molecule has 7 nitrogen and oxygen atoms in total. The summed E-state index contributed by atoms with van der Waals surface area (Å²) in [6, 6.07) is 2.43. The first-order valence-corrected chi connectivity index (χ1v) is 10.6. The second-order valence-electron chi connectivity index (χ2n) is 7.53. The zero-order valence-electron chi connectivity index (χ0n) is 16.9. The van der Waals surface area contributed by atoms with Gasteiger partial charge in [0.1, 0.15) is 11.6 Å². The third-order valence-corrected chi connectivity index (χ3v) is 5.89. The largest absolute Gasteiger partial charge is 0.387 e. The van der Waals surface area contributed by atoms with E-state index in [4.69, 9.17) is 17.0 Å². The smallest absolute Gasteiger partial charge is 0.172 e. The van der Waals surface area contributed by atoms with E-state index in [2.05, 4.69) is 25.9 Å². The van der Waals surface area contributed by atoms with Gasteiger partial charge in [-0.1, -0.05) is 11.6 Å². The summed E-state index contributed by atoms with van der Waals surface area (Å²) >= 11 is 6.02. The lowest BCUT2D eigenvalue weighted by atomic mass is 10.1. The Balaban J connectivity index is 1.60. The number of halogens is 3. The van der Waals surface area contributed by atoms with Gasteiger partial charge in [-0.3, -0.25) is 0 Å². The number of nitrogens with one attached hydrogen (secondary N) is 4. The molecule has 1 fully saturated rings. The predicted molar refractivity (Wildman–Crippen MR) is 119 cm³/mol. The first-order valence-electron chi connectivity index (χ1n) is 10.2. The first-order chi connectivity index (χ1) is 15.1. The van der Waals surface area contributed by atoms with Crippen molar-refractivity contribution < 1.29 is 8.78 Å². The van der Waals surface area contributed by atoms with Crippen molar-refractivity contribution >= 4 is 35.0 Å². The van der Waals surface area contributed by atoms with Crippen LogP contribution in [-0.4, -0.2) is 48.4 Å². The van der Waals surface area contributed by atoms with E-state index in [-0.39, 0.29) is 17.1 Å². The van der Waals surface area contributed by atoms with E-state index in [9.17, 15) is 8.78 Å². The van der Waals surface area contributed by atoms with Gasteiger partial charge in [-0.05, 0) is 38.1 Å². The van der Waals surface area contributed by atoms with Crippen molar-refractivity contribution in [2.24, 2.45) is 0 Å². The number of hydrogen-bond acceptors (Lipinski definition) is 7. The van der Waals surface area contributed by atoms with Gasteiger partial charge in [0, 0.05) is 49.2 Å². The Kier molecular flexibility index (Phi) is 6.62. The normalized spacial score (nSPS) is 17.1. The van der Waals surface area contributed by atoms with Crippen molar-refractivity contribution in [3.63, 3.8) is 0 Å². The lowest BCUT2D eigenvalue weighted by Crippen LogP contribution is -2.37. The lowest BCUT2D eigenvalue weighted by molar-refractivity contribution is 0.420. The summed E-state index contributed by atoms with van der Waals surface area (Å²) < 4.78 is 28.2. The maximum atomic E-state index is 14.3. The molecule has 2 aromatic rings. The number of benzene rings is 1. The average Bonchev–Trinajstić information content (AvgIpc) is 2.80. The quantitative estimate of drug-likeness (QED) is 0.402. The van der Waals surface area contributed by atoms with Crippen LogP contribution in [0, 0.1) is 17.0 Å². The summed E-state index contributed by atoms with van der Waals surface area (Å²) in [7, 11) is 0. The number of aromatic nitrogens is 2. The second-order valence-corrected chi connectivity index (χ2v) is 7.91. The van der Waals surface area contributed by atoms with Gasteiger partial charge in [-0.2, -0.15) is 0 Å². The molecule has 1 aromatic heterocycles. The molecule has 0 bridgehead atoms. The highest BCUT2D eigenvalue weighted by Gasteiger charge is 2.24. The molecule has 0 spiro atoms. The average molecular weight is 448 g/mol. The highest BCUT2D eigenvalue weighted by Crippen LogP contribution is 2.30. The van der Waals surface area contributed by atoms with E-state index in [0.717, 1.165) is 38.1 Å². The summed E-state index contributed by atoms with van der Waals surface area (Å²) in [5, 5.41) is 17.4. The Hall–Kier alpha value is -2.78. The summed E-state index contributed by atoms with van der Waals surface area (Å²) in [5.74, 6) is -0.162. The molecule has 2 aliphatic rings. The minimum atomic E-state index is -0.661. The Morgan fingerprint density at radius 2 is 2.03 bits per heavy atom. The van der Waals surface area contributed by atoms with Crippen molar-refractivity contribution in [1.29, 1.82) is 5.41 Å². The van der Waals surface area contributed by atoms with Crippen LogP contribution >= 0.6 is 11.6 Å². The van der Waals surface area contributed by atoms with E-state index < -0.39 is 11.6 Å². The topological polar surface area (TPSA) is 89.0 Å². The molecule has 0 unspecified atom stereocenters. The van der Waals surface area contributed by atoms with Crippen LogP contribution in [0.2, 0.25) is 5.02 Å². The molecule has 0 aliphatic carbocycles. The van der Waals surface area contributed by atoms with E-state index >= 15 is 0 Å². The third kappa shape index (κ3) is 4.77. The van der Waals surface area contributed by atoms with Gasteiger partial charge in [-0.25, -0.2) is 18.7 Å². The Labute approximate surface area is 184 Å². The van der Waals surface area contributed by atoms with E-state index in [1.165, 1.54) is 6.21 Å². The SMILES string of the molecule is N=C/C(=C\NC1CCNCC1)c1cnc2c(n1)N(Cc1c(F)ccc(F)c1Cl)CCN2. The van der Waals surface area contributed by atoms with E-state index in [1.807, 2.05) is 4.90 Å². The second kappa shape index (κ2) is 9.57. The van der Waals surface area contributed by atoms with Crippen LogP contribution < -0.4 is 20.9 Å². The highest BCUT2D eigenvalue weighted by atomic mass is 35.5. The molecule has 31 heavy (non-hydrogen) atoms. The van der Waals surface area contributed by atoms with Crippen molar-refractivity contribution in [3.8, 4) is 0 Å². The number of allylic oxidation sites excluding steroid dienone is 1. The number of piperidine rings is 1. The summed E-state index contributed by atoms with van der Waals surface area (Å²) in [6.07, 6.45) is 6.65. The maximum absolute atomic E-state index is 14.3. The lowest BCUT2D eigenvalue weighted by Gasteiger charge is -2.31. The van der Waals surface area contributed by atoms with Crippen LogP contribution in [-0.2, 0) is 6.54 Å². The number of fused-ring (bicyclic) bond motifs is 1. The molecule has 0 radical (unpaired) electrons. The molecule has 4 rings (SSSR count). The molecule has 0 amide bonds. The molecule has 4 N–H and O–H groups in total. The van der Waals surface area contributed by atoms with Crippen molar-refractivity contribution in [2.75, 3.05) is 36.4 Å². The van der Waals surface area contributed by atoms with Crippen LogP contribution in [0.1, 0.15) is 24.1 Å². The van der Waals surface area contributed by atoms with Gasteiger partial charge in [0.15, 0.2) is 11.6 Å². The van der Waals surface area contributed by atoms with Gasteiger partial charge in [0.2, 0.25) is 0 Å². The molecule has 0 atom stereocenters. The molecule has 1 aromatic carbocycles. The zero-order valence-corrected chi connectivity index (χ0v) is 17.6. The van der Waals surface area contributed by atoms with E-state index in [1.54, 1.807) is 12.4 Å². The summed E-state index contributed by atoms with van der Waals surface area (Å²) in [6.45, 7) is 3.09. The van der Waals surface area contributed by atoms with Gasteiger partial charge >= 0.3 is 0 Å². The van der Waals surface area contributed by atoms with Gasteiger partial charge in [-0.15, -0.1) is 0 Å². The fourth-order valence-electron chi connectivity index (χ4n) is 3.72. The van der Waals surface area contributed by atoms with E-state index in [0.29, 0.717) is 42.0 Å². The zero-order chi connectivity index (χ0) is 21.8. The molecule has 0 saturated carbocycles. The Morgan fingerprint density at radius 1 is 1.26 bits per heavy atom. The van der Waals surface area contributed by atoms with Crippen LogP contribution in [0.4, 0.5) is 20.4 Å². The van der Waals surface area contributed by atoms with Crippen molar-refractivity contribution in [3.05, 3.63) is 52.4 Å². The Bertz CT molecular complexity index is 992. The number of hydrogen-bond donors (Lipinski definition) is 4. The third-order valence-electron chi connectivity index (χ3n) is 5.48. The molecule has 10 heteroatoms. The standard InChI is InChI=1S/C21H24ClF2N7/c22-19-15(16(23)1-2-17(19)24)12-31-8-7-27-20-21(31)30-18(11-29-20)13(9-25)10-28-14-3-5-26-6-4-14/h1-2,9-11,14,25-26,28H,3-8,12H2,(H,27,29)/b13-10+,25-9?. The number of rotatable bonds is 6. The minimum absolute atomic E-state index is 0.0617. The summed E-state index contributed by atoms with van der Waals surface area (Å²) in [5.41, 5.74) is 1.20. The number of nitrogens with zero attached hydrogens (tertiary/aromatic N) is 3. The highest BCUT2D eigenvalue weighted by molar-refractivity contribution is 6.31. The molecule has 2 aliphatic heterocycles. The van der Waals surface area contributed by atoms with Gasteiger partial charge in [0.25, 0.3) is 0 Å². The molecule has 3 heterocycles. The first kappa shape index (κ1) is 21.5. The van der Waals surface area contributed by atoms with Gasteiger partial charge in [0.05, 0.1) is 16.9 Å². The molecular weight excluding hydrogens is 424 g/mol. The van der Waals surface area contributed by atoms with Crippen LogP contribution in [0.15, 0.2) is 24.5 Å². The van der Waals surface area contributed by atoms with Crippen molar-refractivity contribution in [2.45, 2.75) is 25.4 Å². The fourth-order valence-corrected chi connectivity index (χ4v) is 3.94. The predicted octanol–water partition coefficient (Wildman–Crippen LogP) is 3.17. The summed E-state index contributed by atoms with van der Waals surface area (Å²) in [4.78, 5) is 10.9. The van der Waals surface area contributed by atoms with Crippen molar-refractivity contribution in [1.82, 2.24) is 20.6 Å². The van der Waals surface area contributed by atoms with Crippen LogP contribution in [0.3, 0.4) is 0 Å². The maximum Gasteiger partial charge on any atom is 0.172 e. The monoisotopic (exact) mass is 447 g/mol. The minimum Gasteiger partial charge on any atom is -0.387 e. The van der Waals surface area contributed by atoms with Crippen LogP contribution in [0.5, 0.6) is 0 Å². The van der Waals surface area contributed by atoms with Crippen LogP contribution in [0.25, 0.3) is 5.57 Å². The molecular formula is C21H24ClF2N7. The molecule has 164 valence electrons. The fraction of sp³-hybridized carbons (Fsp3) is 0.381. The van der Waals surface area contributed by atoms with Gasteiger partial charge < -0.3 is 26.3 Å². The molecule has 1 saturated heterocycles.